The van der Waals surface area contributed by atoms with Crippen molar-refractivity contribution >= 4 is 17.3 Å². The third-order valence-corrected chi connectivity index (χ3v) is 3.69. The van der Waals surface area contributed by atoms with Crippen molar-refractivity contribution in [1.29, 1.82) is 0 Å². The van der Waals surface area contributed by atoms with Crippen LogP contribution >= 0.6 is 0 Å². The van der Waals surface area contributed by atoms with E-state index in [-0.39, 0.29) is 0 Å². The molecule has 0 aliphatic rings. The van der Waals surface area contributed by atoms with Crippen molar-refractivity contribution in [2.45, 2.75) is 45.8 Å². The molecule has 2 aromatic rings. The number of fused-ring (bicyclic) bond motifs is 1. The fourth-order valence-electron chi connectivity index (χ4n) is 1.73. The summed E-state index contributed by atoms with van der Waals surface area (Å²) in [7, 11) is 0. The second-order valence-corrected chi connectivity index (χ2v) is 5.97. The summed E-state index contributed by atoms with van der Waals surface area (Å²) in [5.41, 5.74) is -0.701. The third-order valence-electron chi connectivity index (χ3n) is 3.69. The molecule has 0 saturated heterocycles. The predicted molar refractivity (Wildman–Crippen MR) is 81.2 cm³/mol. The summed E-state index contributed by atoms with van der Waals surface area (Å²) in [6.45, 7) is 10.2. The van der Waals surface area contributed by atoms with Crippen LogP contribution in [0.25, 0.3) is 5.65 Å². The highest BCUT2D eigenvalue weighted by molar-refractivity contribution is 5.66. The summed E-state index contributed by atoms with van der Waals surface area (Å²) in [5, 5.41) is 16.8. The second-order valence-electron chi connectivity index (χ2n) is 5.97. The van der Waals surface area contributed by atoms with Gasteiger partial charge >= 0.3 is 0 Å². The average Bonchev–Trinajstić information content (AvgIpc) is 2.75. The Bertz CT molecular complexity index is 597. The molecule has 2 heterocycles. The lowest BCUT2D eigenvalue weighted by Gasteiger charge is -2.38. The number of hydrogen-bond acceptors (Lipinski definition) is 5. The van der Waals surface area contributed by atoms with E-state index >= 15 is 0 Å². The lowest BCUT2D eigenvalue weighted by molar-refractivity contribution is 0.0239. The molecule has 3 N–H and O–H groups in total. The van der Waals surface area contributed by atoms with Crippen LogP contribution in [0.15, 0.2) is 18.6 Å². The highest BCUT2D eigenvalue weighted by Crippen LogP contribution is 2.27. The zero-order valence-electron chi connectivity index (χ0n) is 12.7. The Morgan fingerprint density at radius 1 is 1.30 bits per heavy atom. The summed E-state index contributed by atoms with van der Waals surface area (Å²) < 4.78 is 1.91. The highest BCUT2D eigenvalue weighted by atomic mass is 16.3. The van der Waals surface area contributed by atoms with Gasteiger partial charge in [-0.15, -0.1) is 0 Å². The minimum absolute atomic E-state index is 0.544. The van der Waals surface area contributed by atoms with Crippen LogP contribution in [0, 0.1) is 0 Å². The first-order chi connectivity index (χ1) is 9.24. The molecule has 2 aromatic heterocycles. The summed E-state index contributed by atoms with van der Waals surface area (Å²) in [4.78, 5) is 8.86. The minimum atomic E-state index is -0.896. The number of nitrogens with zero attached hydrogens (tertiary/aromatic N) is 3. The van der Waals surface area contributed by atoms with Gasteiger partial charge in [-0.3, -0.25) is 0 Å². The van der Waals surface area contributed by atoms with Gasteiger partial charge in [0, 0.05) is 18.9 Å². The molecule has 2 rings (SSSR count). The van der Waals surface area contributed by atoms with Crippen molar-refractivity contribution in [2.24, 2.45) is 0 Å². The molecule has 0 unspecified atom stereocenters. The van der Waals surface area contributed by atoms with Gasteiger partial charge in [0.1, 0.15) is 5.82 Å². The van der Waals surface area contributed by atoms with Crippen LogP contribution in [0.1, 0.15) is 34.6 Å². The number of nitrogens with one attached hydrogen (secondary N) is 2. The molecule has 0 atom stereocenters. The molecule has 0 fully saturated rings. The van der Waals surface area contributed by atoms with E-state index in [9.17, 15) is 5.11 Å². The van der Waals surface area contributed by atoms with Crippen molar-refractivity contribution in [1.82, 2.24) is 14.4 Å². The van der Waals surface area contributed by atoms with Gasteiger partial charge < -0.3 is 20.1 Å². The van der Waals surface area contributed by atoms with Crippen molar-refractivity contribution in [3.8, 4) is 0 Å². The van der Waals surface area contributed by atoms with Gasteiger partial charge in [-0.1, -0.05) is 0 Å². The summed E-state index contributed by atoms with van der Waals surface area (Å²) in [6, 6.07) is 0. The van der Waals surface area contributed by atoms with Crippen LogP contribution in [0.3, 0.4) is 0 Å². The van der Waals surface area contributed by atoms with Crippen molar-refractivity contribution in [3.63, 3.8) is 0 Å². The molecule has 0 saturated carbocycles. The maximum absolute atomic E-state index is 10.3. The van der Waals surface area contributed by atoms with Gasteiger partial charge in [-0.2, -0.15) is 0 Å². The maximum Gasteiger partial charge on any atom is 0.180 e. The first-order valence-electron chi connectivity index (χ1n) is 6.83. The molecule has 0 bridgehead atoms. The Morgan fingerprint density at radius 3 is 2.60 bits per heavy atom. The molecule has 0 amide bonds. The standard InChI is InChI=1S/C14H23N5O/c1-6-15-10-9-19-8-7-16-12(19)11(17-10)18-13(2,3)14(4,5)20/h7-9,15,20H,6H2,1-5H3,(H,17,18). The van der Waals surface area contributed by atoms with Gasteiger partial charge in [0.2, 0.25) is 0 Å². The van der Waals surface area contributed by atoms with E-state index in [2.05, 4.69) is 20.6 Å². The van der Waals surface area contributed by atoms with Crippen LogP contribution in [0.4, 0.5) is 11.6 Å². The molecule has 0 aliphatic carbocycles. The smallest absolute Gasteiger partial charge is 0.180 e. The van der Waals surface area contributed by atoms with E-state index in [0.29, 0.717) is 5.82 Å². The largest absolute Gasteiger partial charge is 0.388 e. The molecule has 6 heteroatoms. The molecule has 110 valence electrons. The number of anilines is 2. The summed E-state index contributed by atoms with van der Waals surface area (Å²) >= 11 is 0. The van der Waals surface area contributed by atoms with E-state index in [1.54, 1.807) is 20.0 Å². The maximum atomic E-state index is 10.3. The lowest BCUT2D eigenvalue weighted by Crippen LogP contribution is -2.51. The Labute approximate surface area is 119 Å². The average molecular weight is 277 g/mol. The first kappa shape index (κ1) is 14.6. The molecule has 0 aromatic carbocycles. The topological polar surface area (TPSA) is 74.5 Å². The van der Waals surface area contributed by atoms with Gasteiger partial charge in [-0.05, 0) is 34.6 Å². The van der Waals surface area contributed by atoms with Crippen LogP contribution < -0.4 is 10.6 Å². The van der Waals surface area contributed by atoms with E-state index in [1.807, 2.05) is 37.6 Å². The molecule has 0 spiro atoms. The Balaban J connectivity index is 2.45. The monoisotopic (exact) mass is 277 g/mol. The second kappa shape index (κ2) is 4.94. The van der Waals surface area contributed by atoms with E-state index in [0.717, 1.165) is 18.0 Å². The molecular weight excluding hydrogens is 254 g/mol. The van der Waals surface area contributed by atoms with Gasteiger partial charge in [-0.25, -0.2) is 9.97 Å². The Morgan fingerprint density at radius 2 is 2.00 bits per heavy atom. The zero-order valence-corrected chi connectivity index (χ0v) is 12.7. The van der Waals surface area contributed by atoms with Crippen molar-refractivity contribution < 1.29 is 5.11 Å². The number of hydrogen-bond donors (Lipinski definition) is 3. The Hall–Kier alpha value is -1.82. The number of aliphatic hydroxyl groups is 1. The third kappa shape index (κ3) is 2.70. The summed E-state index contributed by atoms with van der Waals surface area (Å²) in [6.07, 6.45) is 5.50. The van der Waals surface area contributed by atoms with E-state index in [4.69, 9.17) is 0 Å². The number of imidazole rings is 1. The highest BCUT2D eigenvalue weighted by Gasteiger charge is 2.35. The van der Waals surface area contributed by atoms with Gasteiger partial charge in [0.05, 0.1) is 17.3 Å². The van der Waals surface area contributed by atoms with Gasteiger partial charge in [0.15, 0.2) is 11.5 Å². The molecule has 6 nitrogen and oxygen atoms in total. The zero-order chi connectivity index (χ0) is 15.0. The number of rotatable bonds is 5. The number of aromatic nitrogens is 3. The molecule has 0 aliphatic heterocycles. The fourth-order valence-corrected chi connectivity index (χ4v) is 1.73. The van der Waals surface area contributed by atoms with Crippen LogP contribution in [-0.2, 0) is 0 Å². The van der Waals surface area contributed by atoms with Crippen molar-refractivity contribution in [2.75, 3.05) is 17.2 Å². The van der Waals surface area contributed by atoms with Crippen LogP contribution in [-0.4, -0.2) is 37.2 Å². The minimum Gasteiger partial charge on any atom is -0.388 e. The first-order valence-corrected chi connectivity index (χ1v) is 6.83. The normalized spacial score (nSPS) is 12.7. The molecule has 0 radical (unpaired) electrons. The van der Waals surface area contributed by atoms with Crippen LogP contribution in [0.2, 0.25) is 0 Å². The molecule has 20 heavy (non-hydrogen) atoms. The van der Waals surface area contributed by atoms with E-state index < -0.39 is 11.1 Å². The summed E-state index contributed by atoms with van der Waals surface area (Å²) in [5.74, 6) is 1.42. The quantitative estimate of drug-likeness (QED) is 0.780. The predicted octanol–water partition coefficient (Wildman–Crippen LogP) is 2.12. The molecular formula is C14H23N5O. The Kier molecular flexibility index (Phi) is 3.60. The SMILES string of the molecule is CCNc1cn2ccnc2c(NC(C)(C)C(C)(C)O)n1. The fraction of sp³-hybridized carbons (Fsp3) is 0.571. The van der Waals surface area contributed by atoms with Crippen molar-refractivity contribution in [3.05, 3.63) is 18.6 Å². The van der Waals surface area contributed by atoms with Gasteiger partial charge in [0.25, 0.3) is 0 Å². The van der Waals surface area contributed by atoms with E-state index in [1.165, 1.54) is 0 Å². The van der Waals surface area contributed by atoms with Crippen LogP contribution in [0.5, 0.6) is 0 Å². The lowest BCUT2D eigenvalue weighted by atomic mass is 9.86.